The third-order valence-electron chi connectivity index (χ3n) is 4.29. The summed E-state index contributed by atoms with van der Waals surface area (Å²) in [5, 5.41) is 3.36. The molecule has 2 aromatic rings. The minimum Gasteiger partial charge on any atom is -0.492 e. The van der Waals surface area contributed by atoms with Gasteiger partial charge in [-0.05, 0) is 36.2 Å². The predicted octanol–water partition coefficient (Wildman–Crippen LogP) is 2.52. The number of para-hydroxylation sites is 1. The summed E-state index contributed by atoms with van der Waals surface area (Å²) in [7, 11) is 7.28. The highest BCUT2D eigenvalue weighted by Gasteiger charge is 2.09. The summed E-state index contributed by atoms with van der Waals surface area (Å²) in [6.07, 6.45) is 0.807. The monoisotopic (exact) mass is 382 g/mol. The molecule has 0 unspecified atom stereocenters. The summed E-state index contributed by atoms with van der Waals surface area (Å²) in [6, 6.07) is 17.5. The van der Waals surface area contributed by atoms with Gasteiger partial charge < -0.3 is 19.9 Å². The number of aliphatic imine (C=N–C) groups is 1. The zero-order chi connectivity index (χ0) is 20.4. The highest BCUT2D eigenvalue weighted by Crippen LogP contribution is 2.09. The van der Waals surface area contributed by atoms with Crippen molar-refractivity contribution in [1.29, 1.82) is 0 Å². The first kappa shape index (κ1) is 21.3. The maximum absolute atomic E-state index is 12.1. The SMILES string of the molecule is CN=C(NCCc1cccc(C(=O)N(C)C)c1)N(C)CCOc1ccccc1. The van der Waals surface area contributed by atoms with Crippen molar-refractivity contribution in [2.75, 3.05) is 47.9 Å². The van der Waals surface area contributed by atoms with E-state index in [1.807, 2.05) is 66.5 Å². The van der Waals surface area contributed by atoms with E-state index in [2.05, 4.69) is 10.3 Å². The maximum Gasteiger partial charge on any atom is 0.253 e. The minimum atomic E-state index is 0.0174. The van der Waals surface area contributed by atoms with Gasteiger partial charge in [0.15, 0.2) is 5.96 Å². The normalized spacial score (nSPS) is 11.1. The zero-order valence-corrected chi connectivity index (χ0v) is 17.2. The largest absolute Gasteiger partial charge is 0.492 e. The average Bonchev–Trinajstić information content (AvgIpc) is 2.71. The number of hydrogen-bond acceptors (Lipinski definition) is 3. The minimum absolute atomic E-state index is 0.0174. The first-order valence-corrected chi connectivity index (χ1v) is 9.41. The van der Waals surface area contributed by atoms with Gasteiger partial charge in [0.05, 0.1) is 6.54 Å². The first-order valence-electron chi connectivity index (χ1n) is 9.41. The second-order valence-corrected chi connectivity index (χ2v) is 6.71. The van der Waals surface area contributed by atoms with E-state index in [1.54, 1.807) is 26.0 Å². The molecule has 0 aliphatic heterocycles. The van der Waals surface area contributed by atoms with Crippen molar-refractivity contribution in [2.45, 2.75) is 6.42 Å². The van der Waals surface area contributed by atoms with Crippen molar-refractivity contribution in [3.8, 4) is 5.75 Å². The fraction of sp³-hybridized carbons (Fsp3) is 0.364. The standard InChI is InChI=1S/C22H30N4O2/c1-23-22(26(4)15-16-28-20-11-6-5-7-12-20)24-14-13-18-9-8-10-19(17-18)21(27)25(2)3/h5-12,17H,13-16H2,1-4H3,(H,23,24). The number of ether oxygens (including phenoxy) is 1. The molecule has 1 N–H and O–H groups in total. The van der Waals surface area contributed by atoms with Gasteiger partial charge in [0, 0.05) is 40.3 Å². The number of likely N-dealkylation sites (N-methyl/N-ethyl adjacent to an activating group) is 1. The summed E-state index contributed by atoms with van der Waals surface area (Å²) in [5.74, 6) is 1.70. The number of nitrogens with zero attached hydrogens (tertiary/aromatic N) is 3. The molecule has 0 atom stereocenters. The molecule has 150 valence electrons. The predicted molar refractivity (Wildman–Crippen MR) is 114 cm³/mol. The molecule has 28 heavy (non-hydrogen) atoms. The zero-order valence-electron chi connectivity index (χ0n) is 17.2. The van der Waals surface area contributed by atoms with E-state index in [4.69, 9.17) is 4.74 Å². The molecule has 0 fully saturated rings. The number of benzene rings is 2. The smallest absolute Gasteiger partial charge is 0.253 e. The van der Waals surface area contributed by atoms with E-state index in [0.717, 1.165) is 36.8 Å². The molecule has 6 nitrogen and oxygen atoms in total. The van der Waals surface area contributed by atoms with Crippen LogP contribution in [0.25, 0.3) is 0 Å². The molecule has 0 heterocycles. The lowest BCUT2D eigenvalue weighted by molar-refractivity contribution is 0.0827. The Hall–Kier alpha value is -3.02. The maximum atomic E-state index is 12.1. The van der Waals surface area contributed by atoms with Crippen LogP contribution >= 0.6 is 0 Å². The van der Waals surface area contributed by atoms with Crippen LogP contribution in [-0.4, -0.2) is 69.6 Å². The van der Waals surface area contributed by atoms with Gasteiger partial charge in [0.1, 0.15) is 12.4 Å². The van der Waals surface area contributed by atoms with E-state index in [1.165, 1.54) is 0 Å². The molecule has 2 aromatic carbocycles. The summed E-state index contributed by atoms with van der Waals surface area (Å²) in [4.78, 5) is 20.0. The molecule has 0 spiro atoms. The summed E-state index contributed by atoms with van der Waals surface area (Å²) >= 11 is 0. The lowest BCUT2D eigenvalue weighted by Crippen LogP contribution is -2.41. The molecule has 2 rings (SSSR count). The van der Waals surface area contributed by atoms with Gasteiger partial charge >= 0.3 is 0 Å². The Morgan fingerprint density at radius 3 is 2.50 bits per heavy atom. The molecule has 0 aliphatic carbocycles. The van der Waals surface area contributed by atoms with Gasteiger partial charge in [-0.25, -0.2) is 0 Å². The van der Waals surface area contributed by atoms with Crippen LogP contribution in [0, 0.1) is 0 Å². The summed E-state index contributed by atoms with van der Waals surface area (Å²) in [5.41, 5.74) is 1.83. The molecule has 0 aromatic heterocycles. The number of rotatable bonds is 8. The Morgan fingerprint density at radius 2 is 1.82 bits per heavy atom. The van der Waals surface area contributed by atoms with Crippen molar-refractivity contribution in [1.82, 2.24) is 15.1 Å². The molecule has 0 bridgehead atoms. The van der Waals surface area contributed by atoms with Crippen molar-refractivity contribution in [3.63, 3.8) is 0 Å². The van der Waals surface area contributed by atoms with Gasteiger partial charge in [-0.3, -0.25) is 9.79 Å². The highest BCUT2D eigenvalue weighted by atomic mass is 16.5. The van der Waals surface area contributed by atoms with E-state index >= 15 is 0 Å². The van der Waals surface area contributed by atoms with Crippen molar-refractivity contribution in [2.24, 2.45) is 4.99 Å². The van der Waals surface area contributed by atoms with Gasteiger partial charge in [-0.1, -0.05) is 30.3 Å². The van der Waals surface area contributed by atoms with Crippen LogP contribution in [-0.2, 0) is 6.42 Å². The Labute approximate surface area is 167 Å². The Morgan fingerprint density at radius 1 is 1.07 bits per heavy atom. The summed E-state index contributed by atoms with van der Waals surface area (Å²) in [6.45, 7) is 2.04. The van der Waals surface area contributed by atoms with Crippen LogP contribution in [0.3, 0.4) is 0 Å². The molecule has 1 amide bonds. The second-order valence-electron chi connectivity index (χ2n) is 6.71. The van der Waals surface area contributed by atoms with Crippen LogP contribution in [0.1, 0.15) is 15.9 Å². The van der Waals surface area contributed by atoms with Gasteiger partial charge in [0.2, 0.25) is 0 Å². The third kappa shape index (κ3) is 6.61. The Balaban J connectivity index is 1.78. The molecule has 0 aliphatic rings. The van der Waals surface area contributed by atoms with E-state index < -0.39 is 0 Å². The van der Waals surface area contributed by atoms with Crippen LogP contribution in [0.2, 0.25) is 0 Å². The van der Waals surface area contributed by atoms with Gasteiger partial charge in [-0.15, -0.1) is 0 Å². The number of carbonyl (C=O) groups excluding carboxylic acids is 1. The Bertz CT molecular complexity index is 775. The molecule has 0 radical (unpaired) electrons. The van der Waals surface area contributed by atoms with Crippen molar-refractivity contribution < 1.29 is 9.53 Å². The van der Waals surface area contributed by atoms with E-state index in [-0.39, 0.29) is 5.91 Å². The topological polar surface area (TPSA) is 57.2 Å². The molecular formula is C22H30N4O2. The first-order chi connectivity index (χ1) is 13.5. The van der Waals surface area contributed by atoms with E-state index in [9.17, 15) is 4.79 Å². The van der Waals surface area contributed by atoms with Crippen LogP contribution in [0.4, 0.5) is 0 Å². The number of hydrogen-bond donors (Lipinski definition) is 1. The lowest BCUT2D eigenvalue weighted by Gasteiger charge is -2.22. The number of guanidine groups is 1. The molecule has 0 saturated heterocycles. The summed E-state index contributed by atoms with van der Waals surface area (Å²) < 4.78 is 5.74. The van der Waals surface area contributed by atoms with Gasteiger partial charge in [-0.2, -0.15) is 0 Å². The van der Waals surface area contributed by atoms with E-state index in [0.29, 0.717) is 12.2 Å². The average molecular weight is 383 g/mol. The molecular weight excluding hydrogens is 352 g/mol. The second kappa shape index (κ2) is 11.0. The number of carbonyl (C=O) groups is 1. The number of nitrogens with one attached hydrogen (secondary N) is 1. The van der Waals surface area contributed by atoms with Crippen LogP contribution < -0.4 is 10.1 Å². The lowest BCUT2D eigenvalue weighted by atomic mass is 10.1. The highest BCUT2D eigenvalue weighted by molar-refractivity contribution is 5.94. The quantitative estimate of drug-likeness (QED) is 0.563. The van der Waals surface area contributed by atoms with Crippen molar-refractivity contribution in [3.05, 3.63) is 65.7 Å². The third-order valence-corrected chi connectivity index (χ3v) is 4.29. The fourth-order valence-corrected chi connectivity index (χ4v) is 2.74. The van der Waals surface area contributed by atoms with Crippen molar-refractivity contribution >= 4 is 11.9 Å². The molecule has 0 saturated carbocycles. The number of amides is 1. The fourth-order valence-electron chi connectivity index (χ4n) is 2.74. The van der Waals surface area contributed by atoms with Crippen LogP contribution in [0.5, 0.6) is 5.75 Å². The Kier molecular flexibility index (Phi) is 8.34. The van der Waals surface area contributed by atoms with Crippen LogP contribution in [0.15, 0.2) is 59.6 Å². The molecule has 6 heteroatoms. The van der Waals surface area contributed by atoms with Gasteiger partial charge in [0.25, 0.3) is 5.91 Å².